The van der Waals surface area contributed by atoms with Crippen molar-refractivity contribution in [2.24, 2.45) is 4.99 Å². The number of piperidine rings is 1. The van der Waals surface area contributed by atoms with E-state index in [0.717, 1.165) is 79.1 Å². The van der Waals surface area contributed by atoms with E-state index in [2.05, 4.69) is 53.2 Å². The number of carbonyl (C=O) groups is 1. The summed E-state index contributed by atoms with van der Waals surface area (Å²) in [7, 11) is 2.20. The zero-order chi connectivity index (χ0) is 29.1. The normalized spacial score (nSPS) is 22.9. The molecule has 0 bridgehead atoms. The maximum Gasteiger partial charge on any atom is 0.254 e. The Labute approximate surface area is 264 Å². The van der Waals surface area contributed by atoms with Crippen LogP contribution in [0.1, 0.15) is 117 Å². The maximum atomic E-state index is 14.1. The Hall–Kier alpha value is -2.57. The van der Waals surface area contributed by atoms with Crippen molar-refractivity contribution < 1.29 is 14.3 Å². The van der Waals surface area contributed by atoms with Crippen LogP contribution in [0.4, 0.5) is 0 Å². The Morgan fingerprint density at radius 2 is 1.44 bits per heavy atom. The Bertz CT molecular complexity index is 1250. The lowest BCUT2D eigenvalue weighted by atomic mass is 9.79. The molecule has 6 nitrogen and oxygen atoms in total. The summed E-state index contributed by atoms with van der Waals surface area (Å²) in [4.78, 5) is 24.2. The summed E-state index contributed by atoms with van der Waals surface area (Å²) in [6, 6.07) is 13.7. The van der Waals surface area contributed by atoms with Gasteiger partial charge >= 0.3 is 0 Å². The van der Waals surface area contributed by atoms with Crippen LogP contribution in [0.15, 0.2) is 41.4 Å². The van der Waals surface area contributed by atoms with Gasteiger partial charge in [0.1, 0.15) is 0 Å². The van der Waals surface area contributed by atoms with Gasteiger partial charge in [0.2, 0.25) is 0 Å². The first-order valence-electron chi connectivity index (χ1n) is 16.7. The fourth-order valence-electron chi connectivity index (χ4n) is 7.92. The molecule has 6 rings (SSSR count). The number of hydrogen-bond donors (Lipinski definition) is 0. The number of ether oxygens (including phenoxy) is 2. The first kappa shape index (κ1) is 31.8. The molecule has 2 heterocycles. The molecule has 2 atom stereocenters. The smallest absolute Gasteiger partial charge is 0.254 e. The van der Waals surface area contributed by atoms with Crippen molar-refractivity contribution in [2.75, 3.05) is 33.4 Å². The summed E-state index contributed by atoms with van der Waals surface area (Å²) in [5.74, 6) is 2.15. The van der Waals surface area contributed by atoms with Crippen molar-refractivity contribution in [3.63, 3.8) is 0 Å². The van der Waals surface area contributed by atoms with Gasteiger partial charge in [0.25, 0.3) is 5.91 Å². The lowest BCUT2D eigenvalue weighted by Gasteiger charge is -2.42. The van der Waals surface area contributed by atoms with Crippen LogP contribution in [-0.2, 0) is 0 Å². The summed E-state index contributed by atoms with van der Waals surface area (Å²) >= 11 is 0. The van der Waals surface area contributed by atoms with Gasteiger partial charge in [-0.3, -0.25) is 9.79 Å². The molecule has 234 valence electrons. The van der Waals surface area contributed by atoms with Crippen molar-refractivity contribution in [2.45, 2.75) is 109 Å². The van der Waals surface area contributed by atoms with E-state index in [4.69, 9.17) is 14.5 Å². The second-order valence-corrected chi connectivity index (χ2v) is 12.8. The Morgan fingerprint density at radius 1 is 0.860 bits per heavy atom. The minimum absolute atomic E-state index is 0. The maximum absolute atomic E-state index is 14.1. The van der Waals surface area contributed by atoms with E-state index in [1.54, 1.807) is 0 Å². The van der Waals surface area contributed by atoms with Gasteiger partial charge in [-0.15, -0.1) is 12.4 Å². The second-order valence-electron chi connectivity index (χ2n) is 12.8. The number of nitrogens with zero attached hydrogens (tertiary/aromatic N) is 3. The van der Waals surface area contributed by atoms with Crippen molar-refractivity contribution in [3.05, 3.63) is 58.7 Å². The lowest BCUT2D eigenvalue weighted by molar-refractivity contribution is 0.0448. The molecule has 2 saturated carbocycles. The summed E-state index contributed by atoms with van der Waals surface area (Å²) in [5, 5.41) is 0. The molecule has 2 aromatic rings. The van der Waals surface area contributed by atoms with E-state index >= 15 is 0 Å². The Morgan fingerprint density at radius 3 is 2.02 bits per heavy atom. The largest absolute Gasteiger partial charge is 0.490 e. The van der Waals surface area contributed by atoms with Gasteiger partial charge < -0.3 is 19.3 Å². The van der Waals surface area contributed by atoms with Crippen LogP contribution in [0.3, 0.4) is 0 Å². The van der Waals surface area contributed by atoms with Gasteiger partial charge in [-0.1, -0.05) is 50.7 Å². The van der Waals surface area contributed by atoms with Crippen molar-refractivity contribution in [1.29, 1.82) is 0 Å². The number of aliphatic imine (C=N–C) groups is 1. The van der Waals surface area contributed by atoms with Crippen LogP contribution in [0.5, 0.6) is 11.5 Å². The van der Waals surface area contributed by atoms with Crippen LogP contribution in [0.2, 0.25) is 0 Å². The molecule has 0 spiro atoms. The number of fused-ring (bicyclic) bond motifs is 3. The molecule has 1 amide bonds. The molecule has 2 aliphatic carbocycles. The number of benzene rings is 2. The van der Waals surface area contributed by atoms with Gasteiger partial charge in [0, 0.05) is 41.2 Å². The summed E-state index contributed by atoms with van der Waals surface area (Å²) in [6.45, 7) is 7.24. The summed E-state index contributed by atoms with van der Waals surface area (Å²) in [5.41, 5.74) is 5.31. The lowest BCUT2D eigenvalue weighted by Crippen LogP contribution is -2.48. The van der Waals surface area contributed by atoms with Gasteiger partial charge in [0.05, 0.1) is 25.0 Å². The number of rotatable bonds is 8. The fraction of sp³-hybridized carbons (Fsp3) is 0.611. The highest BCUT2D eigenvalue weighted by Crippen LogP contribution is 2.42. The molecular formula is C36H50ClN3O3. The number of amides is 1. The quantitative estimate of drug-likeness (QED) is 0.309. The van der Waals surface area contributed by atoms with Gasteiger partial charge in [-0.05, 0) is 89.4 Å². The molecule has 2 aromatic carbocycles. The predicted octanol–water partition coefficient (Wildman–Crippen LogP) is 7.65. The average Bonchev–Trinajstić information content (AvgIpc) is 3.03. The van der Waals surface area contributed by atoms with Crippen molar-refractivity contribution in [3.8, 4) is 11.5 Å². The molecule has 2 aliphatic heterocycles. The van der Waals surface area contributed by atoms with Crippen molar-refractivity contribution in [1.82, 2.24) is 9.80 Å². The Kier molecular flexibility index (Phi) is 10.7. The SMILES string of the molecule is CCOc1cc2c(cc1OCC)[C@H]1CN(C)CC[C@H]1N=C2c1ccc(C(=O)N(C2CCCCC2)C2CCCCC2)cc1.Cl. The van der Waals surface area contributed by atoms with Gasteiger partial charge in [0.15, 0.2) is 11.5 Å². The first-order valence-corrected chi connectivity index (χ1v) is 16.7. The minimum Gasteiger partial charge on any atom is -0.490 e. The van der Waals surface area contributed by atoms with Crippen LogP contribution in [0, 0.1) is 0 Å². The summed E-state index contributed by atoms with van der Waals surface area (Å²) < 4.78 is 12.1. The van der Waals surface area contributed by atoms with E-state index in [0.29, 0.717) is 31.2 Å². The number of likely N-dealkylation sites (N-methyl/N-ethyl adjacent to an activating group) is 1. The van der Waals surface area contributed by atoms with E-state index in [1.807, 2.05) is 13.8 Å². The topological polar surface area (TPSA) is 54.4 Å². The predicted molar refractivity (Wildman–Crippen MR) is 177 cm³/mol. The molecule has 0 radical (unpaired) electrons. The third kappa shape index (κ3) is 6.76. The highest BCUT2D eigenvalue weighted by atomic mass is 35.5. The van der Waals surface area contributed by atoms with E-state index < -0.39 is 0 Å². The van der Waals surface area contributed by atoms with E-state index in [9.17, 15) is 4.79 Å². The summed E-state index contributed by atoms with van der Waals surface area (Å²) in [6.07, 6.45) is 13.2. The highest BCUT2D eigenvalue weighted by molar-refractivity contribution is 6.15. The molecular weight excluding hydrogens is 558 g/mol. The van der Waals surface area contributed by atoms with Gasteiger partial charge in [-0.2, -0.15) is 0 Å². The van der Waals surface area contributed by atoms with Crippen LogP contribution in [-0.4, -0.2) is 72.9 Å². The molecule has 4 aliphatic rings. The van der Waals surface area contributed by atoms with Crippen LogP contribution in [0.25, 0.3) is 0 Å². The number of hydrogen-bond acceptors (Lipinski definition) is 5. The molecule has 0 N–H and O–H groups in total. The molecule has 43 heavy (non-hydrogen) atoms. The van der Waals surface area contributed by atoms with E-state index in [1.165, 1.54) is 44.1 Å². The monoisotopic (exact) mass is 607 g/mol. The second kappa shape index (κ2) is 14.5. The van der Waals surface area contributed by atoms with E-state index in [-0.39, 0.29) is 24.4 Å². The molecule has 0 aromatic heterocycles. The van der Waals surface area contributed by atoms with Gasteiger partial charge in [-0.25, -0.2) is 0 Å². The molecule has 1 saturated heterocycles. The number of halogens is 1. The number of likely N-dealkylation sites (tertiary alicyclic amines) is 1. The average molecular weight is 608 g/mol. The molecule has 7 heteroatoms. The van der Waals surface area contributed by atoms with Crippen LogP contribution < -0.4 is 9.47 Å². The standard InChI is InChI=1S/C36H49N3O3.ClH/c1-4-41-33-22-29-30(23-34(33)42-5-2)35(37-32-20-21-38(3)24-31(29)32)25-16-18-26(19-17-25)36(40)39(27-12-8-6-9-13-27)28-14-10-7-11-15-28;/h16-19,22-23,27-28,31-32H,4-15,20-21,24H2,1-3H3;1H/t31-,32-;/m1./s1. The fourth-order valence-corrected chi connectivity index (χ4v) is 7.92. The molecule has 3 fully saturated rings. The number of carbonyl (C=O) groups excluding carboxylic acids is 1. The molecule has 0 unspecified atom stereocenters. The highest BCUT2D eigenvalue weighted by Gasteiger charge is 2.37. The Balaban J connectivity index is 0.00000368. The minimum atomic E-state index is 0. The third-order valence-electron chi connectivity index (χ3n) is 10.0. The third-order valence-corrected chi connectivity index (χ3v) is 10.0. The zero-order valence-electron chi connectivity index (χ0n) is 26.4. The van der Waals surface area contributed by atoms with Crippen LogP contribution >= 0.6 is 12.4 Å². The van der Waals surface area contributed by atoms with Crippen molar-refractivity contribution >= 4 is 24.0 Å². The zero-order valence-corrected chi connectivity index (χ0v) is 27.2. The first-order chi connectivity index (χ1) is 20.6.